The molecular weight excluding hydrogens is 192 g/mol. The van der Waals surface area contributed by atoms with Gasteiger partial charge in [0.2, 0.25) is 0 Å². The van der Waals surface area contributed by atoms with E-state index < -0.39 is 0 Å². The number of allylic oxidation sites excluding steroid dienone is 6. The zero-order chi connectivity index (χ0) is 11.7. The summed E-state index contributed by atoms with van der Waals surface area (Å²) >= 11 is 0. The maximum Gasteiger partial charge on any atom is -0.0188 e. The van der Waals surface area contributed by atoms with Crippen molar-refractivity contribution in [2.24, 2.45) is 11.8 Å². The molecule has 0 spiro atoms. The van der Waals surface area contributed by atoms with Crippen molar-refractivity contribution in [1.82, 2.24) is 0 Å². The molecular formula is C16H24. The van der Waals surface area contributed by atoms with E-state index in [9.17, 15) is 0 Å². The van der Waals surface area contributed by atoms with Gasteiger partial charge in [-0.25, -0.2) is 0 Å². The lowest BCUT2D eigenvalue weighted by Crippen LogP contribution is -2.10. The van der Waals surface area contributed by atoms with E-state index in [1.807, 2.05) is 0 Å². The summed E-state index contributed by atoms with van der Waals surface area (Å²) in [4.78, 5) is 0. The zero-order valence-corrected chi connectivity index (χ0v) is 11.1. The van der Waals surface area contributed by atoms with Crippen LogP contribution in [-0.4, -0.2) is 0 Å². The molecule has 0 aromatic heterocycles. The Balaban J connectivity index is 2.20. The predicted molar refractivity (Wildman–Crippen MR) is 71.3 cm³/mol. The summed E-state index contributed by atoms with van der Waals surface area (Å²) in [5.74, 6) is 1.63. The van der Waals surface area contributed by atoms with Gasteiger partial charge < -0.3 is 0 Å². The van der Waals surface area contributed by atoms with Gasteiger partial charge in [0, 0.05) is 0 Å². The summed E-state index contributed by atoms with van der Waals surface area (Å²) in [6.07, 6.45) is 10.1. The highest BCUT2D eigenvalue weighted by molar-refractivity contribution is 5.43. The van der Waals surface area contributed by atoms with Gasteiger partial charge in [-0.2, -0.15) is 0 Å². The fourth-order valence-electron chi connectivity index (χ4n) is 2.79. The van der Waals surface area contributed by atoms with E-state index in [4.69, 9.17) is 0 Å². The molecule has 0 amide bonds. The predicted octanol–water partition coefficient (Wildman–Crippen LogP) is 5.04. The Hall–Kier alpha value is -0.780. The van der Waals surface area contributed by atoms with Crippen LogP contribution in [-0.2, 0) is 0 Å². The topological polar surface area (TPSA) is 0 Å². The second-order valence-corrected chi connectivity index (χ2v) is 5.75. The van der Waals surface area contributed by atoms with Crippen molar-refractivity contribution in [3.8, 4) is 0 Å². The first-order valence-corrected chi connectivity index (χ1v) is 6.65. The second kappa shape index (κ2) is 4.61. The third-order valence-corrected chi connectivity index (χ3v) is 4.36. The minimum atomic E-state index is 0.736. The van der Waals surface area contributed by atoms with Crippen LogP contribution in [0.3, 0.4) is 0 Å². The molecule has 2 atom stereocenters. The van der Waals surface area contributed by atoms with Crippen LogP contribution in [0, 0.1) is 11.8 Å². The molecule has 0 saturated carbocycles. The lowest BCUT2D eigenvalue weighted by atomic mass is 9.79. The average Bonchev–Trinajstić information content (AvgIpc) is 2.26. The van der Waals surface area contributed by atoms with Gasteiger partial charge in [0.1, 0.15) is 0 Å². The number of hydrogen-bond donors (Lipinski definition) is 0. The summed E-state index contributed by atoms with van der Waals surface area (Å²) in [6, 6.07) is 0. The minimum Gasteiger partial charge on any atom is -0.0808 e. The van der Waals surface area contributed by atoms with Gasteiger partial charge in [-0.05, 0) is 62.5 Å². The lowest BCUT2D eigenvalue weighted by Gasteiger charge is -2.27. The molecule has 0 heteroatoms. The molecule has 0 aliphatic heterocycles. The molecule has 2 aliphatic carbocycles. The average molecular weight is 216 g/mol. The Kier molecular flexibility index (Phi) is 3.37. The van der Waals surface area contributed by atoms with E-state index in [0.29, 0.717) is 0 Å². The first-order chi connectivity index (χ1) is 7.58. The number of hydrogen-bond acceptors (Lipinski definition) is 0. The summed E-state index contributed by atoms with van der Waals surface area (Å²) in [5, 5.41) is 0. The Bertz CT molecular complexity index is 365. The van der Waals surface area contributed by atoms with Crippen LogP contribution in [0.15, 0.2) is 34.4 Å². The van der Waals surface area contributed by atoms with Crippen molar-refractivity contribution >= 4 is 0 Å². The van der Waals surface area contributed by atoms with Gasteiger partial charge in [0.25, 0.3) is 0 Å². The Morgan fingerprint density at radius 1 is 1.12 bits per heavy atom. The number of rotatable bonds is 1. The van der Waals surface area contributed by atoms with Crippen molar-refractivity contribution < 1.29 is 0 Å². The zero-order valence-electron chi connectivity index (χ0n) is 11.1. The van der Waals surface area contributed by atoms with Crippen LogP contribution in [0.2, 0.25) is 0 Å². The van der Waals surface area contributed by atoms with Crippen LogP contribution in [0.4, 0.5) is 0 Å². The van der Waals surface area contributed by atoms with Crippen LogP contribution >= 0.6 is 0 Å². The van der Waals surface area contributed by atoms with E-state index in [-0.39, 0.29) is 0 Å². The van der Waals surface area contributed by atoms with Gasteiger partial charge in [-0.15, -0.1) is 0 Å². The van der Waals surface area contributed by atoms with Crippen LogP contribution in [0.25, 0.3) is 0 Å². The summed E-state index contributed by atoms with van der Waals surface area (Å²) < 4.78 is 0. The standard InChI is InChI=1S/C16H24/c1-11-5-7-15(8-6-11)16-9-12(2)14(4)13(3)10-16/h7,9,11,13H,5-6,8,10H2,1-4H3. The van der Waals surface area contributed by atoms with Gasteiger partial charge in [-0.1, -0.05) is 37.1 Å². The second-order valence-electron chi connectivity index (χ2n) is 5.75. The highest BCUT2D eigenvalue weighted by Crippen LogP contribution is 2.36. The third kappa shape index (κ3) is 2.31. The molecule has 2 unspecified atom stereocenters. The molecule has 0 nitrogen and oxygen atoms in total. The maximum atomic E-state index is 2.49. The van der Waals surface area contributed by atoms with Crippen LogP contribution < -0.4 is 0 Å². The van der Waals surface area contributed by atoms with Crippen LogP contribution in [0.1, 0.15) is 53.4 Å². The Morgan fingerprint density at radius 2 is 1.88 bits per heavy atom. The molecule has 2 aliphatic rings. The quantitative estimate of drug-likeness (QED) is 0.576. The fourth-order valence-corrected chi connectivity index (χ4v) is 2.79. The Morgan fingerprint density at radius 3 is 2.44 bits per heavy atom. The molecule has 0 aromatic carbocycles. The van der Waals surface area contributed by atoms with Gasteiger partial charge in [-0.3, -0.25) is 0 Å². The summed E-state index contributed by atoms with van der Waals surface area (Å²) in [7, 11) is 0. The van der Waals surface area contributed by atoms with E-state index >= 15 is 0 Å². The van der Waals surface area contributed by atoms with E-state index in [1.165, 1.54) is 31.3 Å². The van der Waals surface area contributed by atoms with Gasteiger partial charge >= 0.3 is 0 Å². The largest absolute Gasteiger partial charge is 0.0808 e. The fraction of sp³-hybridized carbons (Fsp3) is 0.625. The first kappa shape index (κ1) is 11.7. The molecule has 2 rings (SSSR count). The van der Waals surface area contributed by atoms with Crippen LogP contribution in [0.5, 0.6) is 0 Å². The van der Waals surface area contributed by atoms with Crippen molar-refractivity contribution in [2.45, 2.75) is 53.4 Å². The molecule has 0 radical (unpaired) electrons. The maximum absolute atomic E-state index is 2.49. The lowest BCUT2D eigenvalue weighted by molar-refractivity contribution is 0.511. The normalized spacial score (nSPS) is 31.2. The van der Waals surface area contributed by atoms with E-state index in [1.54, 1.807) is 16.7 Å². The van der Waals surface area contributed by atoms with Crippen molar-refractivity contribution in [2.75, 3.05) is 0 Å². The molecule has 0 saturated heterocycles. The SMILES string of the molecule is CC1=C(C)C(C)CC(C2=CCC(C)CC2)=C1. The molecule has 0 N–H and O–H groups in total. The van der Waals surface area contributed by atoms with Crippen molar-refractivity contribution in [3.05, 3.63) is 34.4 Å². The minimum absolute atomic E-state index is 0.736. The van der Waals surface area contributed by atoms with Gasteiger partial charge in [0.05, 0.1) is 0 Å². The smallest absolute Gasteiger partial charge is 0.0188 e. The molecule has 0 fully saturated rings. The van der Waals surface area contributed by atoms with E-state index in [0.717, 1.165) is 11.8 Å². The first-order valence-electron chi connectivity index (χ1n) is 6.65. The molecule has 88 valence electrons. The highest BCUT2D eigenvalue weighted by atomic mass is 14.2. The molecule has 16 heavy (non-hydrogen) atoms. The molecule has 0 heterocycles. The summed E-state index contributed by atoms with van der Waals surface area (Å²) in [5.41, 5.74) is 6.32. The van der Waals surface area contributed by atoms with Crippen molar-refractivity contribution in [3.63, 3.8) is 0 Å². The Labute approximate surface area is 100 Å². The highest BCUT2D eigenvalue weighted by Gasteiger charge is 2.19. The molecule has 0 bridgehead atoms. The third-order valence-electron chi connectivity index (χ3n) is 4.36. The monoisotopic (exact) mass is 216 g/mol. The summed E-state index contributed by atoms with van der Waals surface area (Å²) in [6.45, 7) is 9.26. The molecule has 0 aromatic rings. The van der Waals surface area contributed by atoms with E-state index in [2.05, 4.69) is 39.8 Å². The van der Waals surface area contributed by atoms with Gasteiger partial charge in [0.15, 0.2) is 0 Å². The van der Waals surface area contributed by atoms with Crippen molar-refractivity contribution in [1.29, 1.82) is 0 Å².